The minimum atomic E-state index is 0.356. The third-order valence-corrected chi connectivity index (χ3v) is 6.14. The Kier molecular flexibility index (Phi) is 5.69. The molecule has 0 bridgehead atoms. The predicted molar refractivity (Wildman–Crippen MR) is 107 cm³/mol. The van der Waals surface area contributed by atoms with E-state index in [4.69, 9.17) is 12.2 Å². The van der Waals surface area contributed by atoms with Crippen LogP contribution in [0.1, 0.15) is 32.1 Å². The van der Waals surface area contributed by atoms with E-state index in [1.54, 1.807) is 6.33 Å². The van der Waals surface area contributed by atoms with E-state index < -0.39 is 0 Å². The monoisotopic (exact) mass is 385 g/mol. The Morgan fingerprint density at radius 1 is 1.07 bits per heavy atom. The molecule has 0 N–H and O–H groups in total. The summed E-state index contributed by atoms with van der Waals surface area (Å²) in [7, 11) is 0. The van der Waals surface area contributed by atoms with Crippen LogP contribution < -0.4 is 0 Å². The van der Waals surface area contributed by atoms with Crippen molar-refractivity contribution in [3.8, 4) is 5.69 Å². The van der Waals surface area contributed by atoms with Crippen LogP contribution in [0, 0.1) is 10.7 Å². The maximum absolute atomic E-state index is 12.3. The Labute approximate surface area is 165 Å². The zero-order valence-corrected chi connectivity index (χ0v) is 16.5. The van der Waals surface area contributed by atoms with Crippen molar-refractivity contribution in [2.24, 2.45) is 5.92 Å². The summed E-state index contributed by atoms with van der Waals surface area (Å²) in [6, 6.07) is 10.1. The van der Waals surface area contributed by atoms with E-state index in [9.17, 15) is 4.79 Å². The Balaban J connectivity index is 1.30. The molecule has 0 aliphatic carbocycles. The molecule has 2 aromatic rings. The lowest BCUT2D eigenvalue weighted by Crippen LogP contribution is -2.37. The molecule has 0 atom stereocenters. The molecular weight excluding hydrogens is 358 g/mol. The minimum absolute atomic E-state index is 0.356. The second-order valence-electron chi connectivity index (χ2n) is 7.61. The minimum Gasteiger partial charge on any atom is -0.343 e. The first kappa shape index (κ1) is 18.4. The smallest absolute Gasteiger partial charge is 0.222 e. The van der Waals surface area contributed by atoms with Gasteiger partial charge in [-0.25, -0.2) is 4.68 Å². The van der Waals surface area contributed by atoms with Crippen molar-refractivity contribution in [2.75, 3.05) is 26.2 Å². The first-order chi connectivity index (χ1) is 13.2. The van der Waals surface area contributed by atoms with E-state index >= 15 is 0 Å². The molecule has 2 saturated heterocycles. The normalized spacial score (nSPS) is 18.9. The van der Waals surface area contributed by atoms with Crippen LogP contribution >= 0.6 is 12.2 Å². The predicted octanol–water partition coefficient (Wildman–Crippen LogP) is 3.09. The highest BCUT2D eigenvalue weighted by Gasteiger charge is 2.25. The molecular formula is C20H27N5OS. The van der Waals surface area contributed by atoms with Crippen molar-refractivity contribution in [3.05, 3.63) is 41.4 Å². The zero-order valence-electron chi connectivity index (χ0n) is 15.7. The summed E-state index contributed by atoms with van der Waals surface area (Å²) in [6.45, 7) is 4.63. The van der Waals surface area contributed by atoms with Crippen LogP contribution in [-0.4, -0.2) is 56.2 Å². The van der Waals surface area contributed by atoms with Gasteiger partial charge in [-0.05, 0) is 56.0 Å². The molecule has 6 nitrogen and oxygen atoms in total. The van der Waals surface area contributed by atoms with Gasteiger partial charge in [-0.3, -0.25) is 14.3 Å². The highest BCUT2D eigenvalue weighted by Crippen LogP contribution is 2.23. The summed E-state index contributed by atoms with van der Waals surface area (Å²) in [5.74, 6) is 0.874. The molecule has 27 heavy (non-hydrogen) atoms. The number of hydrogen-bond acceptors (Lipinski definition) is 4. The van der Waals surface area contributed by atoms with E-state index in [0.29, 0.717) is 23.3 Å². The van der Waals surface area contributed by atoms with Gasteiger partial charge in [0.25, 0.3) is 0 Å². The van der Waals surface area contributed by atoms with Gasteiger partial charge in [0.15, 0.2) is 0 Å². The van der Waals surface area contributed by atoms with Gasteiger partial charge in [-0.15, -0.1) is 0 Å². The summed E-state index contributed by atoms with van der Waals surface area (Å²) in [4.78, 5) is 16.8. The number of carbonyl (C=O) groups is 1. The standard InChI is InChI=1S/C20H27N5OS/c26-19(23-10-4-5-11-23)14-17-8-12-22(13-9-17)16-25-20(27)24(15-21-25)18-6-2-1-3-7-18/h1-3,6-7,15,17H,4-5,8-14,16H2. The number of hydrogen-bond donors (Lipinski definition) is 0. The topological polar surface area (TPSA) is 46.3 Å². The van der Waals surface area contributed by atoms with E-state index in [-0.39, 0.29) is 0 Å². The molecule has 7 heteroatoms. The van der Waals surface area contributed by atoms with E-state index in [0.717, 1.165) is 51.1 Å². The van der Waals surface area contributed by atoms with Crippen LogP contribution in [0.25, 0.3) is 5.69 Å². The van der Waals surface area contributed by atoms with E-state index in [1.165, 1.54) is 12.8 Å². The maximum Gasteiger partial charge on any atom is 0.222 e. The van der Waals surface area contributed by atoms with Crippen LogP contribution in [0.15, 0.2) is 36.7 Å². The van der Waals surface area contributed by atoms with Crippen molar-refractivity contribution in [3.63, 3.8) is 0 Å². The summed E-state index contributed by atoms with van der Waals surface area (Å²) in [6.07, 6.45) is 6.99. The van der Waals surface area contributed by atoms with E-state index in [1.807, 2.05) is 44.5 Å². The largest absolute Gasteiger partial charge is 0.343 e. The number of likely N-dealkylation sites (tertiary alicyclic amines) is 2. The van der Waals surface area contributed by atoms with Gasteiger partial charge < -0.3 is 4.90 Å². The Morgan fingerprint density at radius 2 is 1.78 bits per heavy atom. The molecule has 2 aliphatic rings. The fraction of sp³-hybridized carbons (Fsp3) is 0.550. The van der Waals surface area contributed by atoms with E-state index in [2.05, 4.69) is 10.00 Å². The Bertz CT molecular complexity index is 816. The van der Waals surface area contributed by atoms with Crippen LogP contribution in [0.2, 0.25) is 0 Å². The maximum atomic E-state index is 12.3. The number of para-hydroxylation sites is 1. The SMILES string of the molecule is O=C(CC1CCN(Cn2ncn(-c3ccccc3)c2=S)CC1)N1CCCC1. The van der Waals surface area contributed by atoms with Gasteiger partial charge in [0.05, 0.1) is 6.67 Å². The average molecular weight is 386 g/mol. The summed E-state index contributed by atoms with van der Waals surface area (Å²) < 4.78 is 4.54. The summed E-state index contributed by atoms with van der Waals surface area (Å²) in [5.41, 5.74) is 1.04. The number of piperidine rings is 1. The van der Waals surface area contributed by atoms with Crippen molar-refractivity contribution in [1.29, 1.82) is 0 Å². The quantitative estimate of drug-likeness (QED) is 0.742. The van der Waals surface area contributed by atoms with Crippen LogP contribution in [-0.2, 0) is 11.5 Å². The van der Waals surface area contributed by atoms with Crippen molar-refractivity contribution >= 4 is 18.1 Å². The second kappa shape index (κ2) is 8.35. The average Bonchev–Trinajstić information content (AvgIpc) is 3.35. The number of aromatic nitrogens is 3. The fourth-order valence-electron chi connectivity index (χ4n) is 4.06. The molecule has 3 heterocycles. The van der Waals surface area contributed by atoms with Gasteiger partial charge in [0.1, 0.15) is 6.33 Å². The van der Waals surface area contributed by atoms with Crippen molar-refractivity contribution < 1.29 is 4.79 Å². The van der Waals surface area contributed by atoms with Gasteiger partial charge in [-0.1, -0.05) is 18.2 Å². The van der Waals surface area contributed by atoms with Gasteiger partial charge in [0, 0.05) is 38.3 Å². The van der Waals surface area contributed by atoms with Crippen molar-refractivity contribution in [1.82, 2.24) is 24.1 Å². The first-order valence-corrected chi connectivity index (χ1v) is 10.3. The molecule has 2 fully saturated rings. The molecule has 1 aromatic heterocycles. The number of benzene rings is 1. The lowest BCUT2D eigenvalue weighted by molar-refractivity contribution is -0.131. The first-order valence-electron chi connectivity index (χ1n) is 9.91. The fourth-order valence-corrected chi connectivity index (χ4v) is 4.32. The number of rotatable bonds is 5. The van der Waals surface area contributed by atoms with Gasteiger partial charge >= 0.3 is 0 Å². The number of amides is 1. The van der Waals surface area contributed by atoms with Crippen LogP contribution in [0.3, 0.4) is 0 Å². The van der Waals surface area contributed by atoms with Crippen LogP contribution in [0.5, 0.6) is 0 Å². The molecule has 0 spiro atoms. The summed E-state index contributed by atoms with van der Waals surface area (Å²) >= 11 is 5.60. The third kappa shape index (κ3) is 4.30. The Morgan fingerprint density at radius 3 is 2.48 bits per heavy atom. The molecule has 2 aliphatic heterocycles. The second-order valence-corrected chi connectivity index (χ2v) is 7.98. The third-order valence-electron chi connectivity index (χ3n) is 5.73. The lowest BCUT2D eigenvalue weighted by atomic mass is 9.93. The molecule has 1 amide bonds. The van der Waals surface area contributed by atoms with Gasteiger partial charge in [-0.2, -0.15) is 5.10 Å². The highest BCUT2D eigenvalue weighted by molar-refractivity contribution is 7.71. The Hall–Kier alpha value is -1.99. The summed E-state index contributed by atoms with van der Waals surface area (Å²) in [5, 5.41) is 4.48. The lowest BCUT2D eigenvalue weighted by Gasteiger charge is -2.32. The van der Waals surface area contributed by atoms with Crippen molar-refractivity contribution in [2.45, 2.75) is 38.8 Å². The van der Waals surface area contributed by atoms with Gasteiger partial charge in [0.2, 0.25) is 10.7 Å². The zero-order chi connectivity index (χ0) is 18.6. The highest BCUT2D eigenvalue weighted by atomic mass is 32.1. The van der Waals surface area contributed by atoms with Crippen LogP contribution in [0.4, 0.5) is 0 Å². The molecule has 0 unspecified atom stereocenters. The molecule has 4 rings (SSSR count). The number of nitrogens with zero attached hydrogens (tertiary/aromatic N) is 5. The molecule has 1 aromatic carbocycles. The molecule has 0 radical (unpaired) electrons. The molecule has 144 valence electrons. The molecule has 0 saturated carbocycles. The number of carbonyl (C=O) groups excluding carboxylic acids is 1.